The van der Waals surface area contributed by atoms with Crippen LogP contribution < -0.4 is 10.6 Å². The zero-order valence-electron chi connectivity index (χ0n) is 21.8. The van der Waals surface area contributed by atoms with Crippen molar-refractivity contribution in [3.63, 3.8) is 0 Å². The van der Waals surface area contributed by atoms with Gasteiger partial charge >= 0.3 is 6.09 Å². The maximum atomic E-state index is 13.8. The van der Waals surface area contributed by atoms with Crippen molar-refractivity contribution >= 4 is 30.5 Å². The number of amides is 3. The van der Waals surface area contributed by atoms with E-state index in [0.29, 0.717) is 6.54 Å². The first kappa shape index (κ1) is 29.8. The summed E-state index contributed by atoms with van der Waals surface area (Å²) in [5, 5.41) is 5.72. The number of hydrogen-bond acceptors (Lipinski definition) is 5. The van der Waals surface area contributed by atoms with Gasteiger partial charge in [0.2, 0.25) is 11.8 Å². The molecule has 0 aliphatic heterocycles. The predicted molar refractivity (Wildman–Crippen MR) is 140 cm³/mol. The summed E-state index contributed by atoms with van der Waals surface area (Å²) in [6, 6.07) is 5.83. The van der Waals surface area contributed by atoms with Crippen LogP contribution in [-0.2, 0) is 14.3 Å². The molecule has 0 fully saturated rings. The molecule has 0 aliphatic rings. The maximum Gasteiger partial charge on any atom is 0.408 e. The van der Waals surface area contributed by atoms with Gasteiger partial charge in [-0.15, -0.1) is 0 Å². The van der Waals surface area contributed by atoms with E-state index in [9.17, 15) is 14.4 Å². The number of benzene rings is 1. The summed E-state index contributed by atoms with van der Waals surface area (Å²) in [5.41, 5.74) is 0.987. The smallest absolute Gasteiger partial charge is 0.408 e. The molecule has 0 saturated carbocycles. The number of rotatable bonds is 12. The third-order valence-corrected chi connectivity index (χ3v) is 5.73. The molecule has 8 heteroatoms. The minimum atomic E-state index is -0.928. The highest BCUT2D eigenvalue weighted by molar-refractivity contribution is 7.80. The minimum absolute atomic E-state index is 0.0206. The SMILES string of the molecule is CCCCN(C(=O)C(CS)NC(=O)OC(C)(C)C)C(C(=O)NC(C)CCC)c1ccccc1C. The van der Waals surface area contributed by atoms with E-state index in [2.05, 4.69) is 30.2 Å². The zero-order chi connectivity index (χ0) is 25.9. The van der Waals surface area contributed by atoms with Crippen LogP contribution in [0.1, 0.15) is 84.4 Å². The molecule has 0 bridgehead atoms. The number of nitrogens with zero attached hydrogens (tertiary/aromatic N) is 1. The first-order valence-corrected chi connectivity index (χ1v) is 12.8. The molecule has 0 aliphatic carbocycles. The molecule has 3 unspecified atom stereocenters. The van der Waals surface area contributed by atoms with Crippen molar-refractivity contribution in [1.82, 2.24) is 15.5 Å². The Kier molecular flexibility index (Phi) is 12.5. The Bertz CT molecular complexity index is 809. The molecule has 34 heavy (non-hydrogen) atoms. The quantitative estimate of drug-likeness (QED) is 0.365. The summed E-state index contributed by atoms with van der Waals surface area (Å²) in [7, 11) is 0. The summed E-state index contributed by atoms with van der Waals surface area (Å²) in [6.07, 6.45) is 2.66. The minimum Gasteiger partial charge on any atom is -0.444 e. The number of ether oxygens (including phenoxy) is 1. The zero-order valence-corrected chi connectivity index (χ0v) is 22.7. The Balaban J connectivity index is 3.37. The van der Waals surface area contributed by atoms with E-state index < -0.39 is 23.8 Å². The van der Waals surface area contributed by atoms with Crippen LogP contribution in [0.4, 0.5) is 4.79 Å². The normalized spacial score (nSPS) is 14.0. The van der Waals surface area contributed by atoms with Crippen molar-refractivity contribution < 1.29 is 19.1 Å². The molecule has 0 aromatic heterocycles. The number of hydrogen-bond donors (Lipinski definition) is 3. The molecular formula is C26H43N3O4S. The van der Waals surface area contributed by atoms with E-state index in [0.717, 1.165) is 36.8 Å². The lowest BCUT2D eigenvalue weighted by atomic mass is 9.97. The summed E-state index contributed by atoms with van der Waals surface area (Å²) in [4.78, 5) is 41.3. The number of unbranched alkanes of at least 4 members (excludes halogenated alkanes) is 1. The van der Waals surface area contributed by atoms with E-state index in [1.54, 1.807) is 25.7 Å². The van der Waals surface area contributed by atoms with E-state index in [-0.39, 0.29) is 23.6 Å². The van der Waals surface area contributed by atoms with E-state index >= 15 is 0 Å². The van der Waals surface area contributed by atoms with Crippen molar-refractivity contribution in [2.24, 2.45) is 0 Å². The van der Waals surface area contributed by atoms with Crippen LogP contribution in [-0.4, -0.2) is 52.8 Å². The van der Waals surface area contributed by atoms with E-state index in [1.807, 2.05) is 45.0 Å². The van der Waals surface area contributed by atoms with E-state index in [1.165, 1.54) is 0 Å². The average Bonchev–Trinajstić information content (AvgIpc) is 2.74. The van der Waals surface area contributed by atoms with Gasteiger partial charge in [-0.3, -0.25) is 9.59 Å². The fraction of sp³-hybridized carbons (Fsp3) is 0.654. The predicted octanol–water partition coefficient (Wildman–Crippen LogP) is 4.79. The summed E-state index contributed by atoms with van der Waals surface area (Å²) in [5.74, 6) is -0.509. The monoisotopic (exact) mass is 493 g/mol. The standard InChI is InChI=1S/C26H43N3O4S/c1-8-10-16-29(24(31)21(17-34)28-25(32)33-26(5,6)7)22(20-15-12-11-14-18(20)3)23(30)27-19(4)13-9-2/h11-12,14-15,19,21-22,34H,8-10,13,16-17H2,1-7H3,(H,27,30)(H,28,32). The summed E-state index contributed by atoms with van der Waals surface area (Å²) >= 11 is 4.32. The molecule has 1 rings (SSSR count). The van der Waals surface area contributed by atoms with Crippen LogP contribution in [0.2, 0.25) is 0 Å². The van der Waals surface area contributed by atoms with Gasteiger partial charge in [0, 0.05) is 18.3 Å². The Morgan fingerprint density at radius 2 is 1.74 bits per heavy atom. The van der Waals surface area contributed by atoms with Crippen LogP contribution in [0.5, 0.6) is 0 Å². The topological polar surface area (TPSA) is 87.7 Å². The Morgan fingerprint density at radius 1 is 1.09 bits per heavy atom. The van der Waals surface area contributed by atoms with Gasteiger partial charge in [0.05, 0.1) is 0 Å². The average molecular weight is 494 g/mol. The van der Waals surface area contributed by atoms with Crippen molar-refractivity contribution in [3.8, 4) is 0 Å². The molecule has 0 heterocycles. The van der Waals surface area contributed by atoms with E-state index in [4.69, 9.17) is 4.74 Å². The fourth-order valence-corrected chi connectivity index (χ4v) is 3.95. The maximum absolute atomic E-state index is 13.8. The molecule has 3 amide bonds. The molecule has 3 atom stereocenters. The molecule has 0 spiro atoms. The highest BCUT2D eigenvalue weighted by atomic mass is 32.1. The number of thiol groups is 1. The van der Waals surface area contributed by atoms with Gasteiger partial charge in [-0.1, -0.05) is 51.0 Å². The number of alkyl carbamates (subject to hydrolysis) is 1. The lowest BCUT2D eigenvalue weighted by Crippen LogP contribution is -2.54. The second-order valence-corrected chi connectivity index (χ2v) is 10.1. The lowest BCUT2D eigenvalue weighted by Gasteiger charge is -2.35. The van der Waals surface area contributed by atoms with Gasteiger partial charge in [-0.2, -0.15) is 12.6 Å². The Labute approximate surface area is 210 Å². The Morgan fingerprint density at radius 3 is 2.26 bits per heavy atom. The summed E-state index contributed by atoms with van der Waals surface area (Å²) in [6.45, 7) is 13.7. The number of aryl methyl sites for hydroxylation is 1. The van der Waals surface area contributed by atoms with Gasteiger partial charge in [0.25, 0.3) is 0 Å². The Hall–Kier alpha value is -2.22. The molecule has 2 N–H and O–H groups in total. The van der Waals surface area contributed by atoms with Crippen LogP contribution in [0.15, 0.2) is 24.3 Å². The number of carbonyl (C=O) groups excluding carboxylic acids is 3. The summed E-state index contributed by atoms with van der Waals surface area (Å²) < 4.78 is 5.34. The molecule has 0 saturated heterocycles. The van der Waals surface area contributed by atoms with Crippen LogP contribution in [0.3, 0.4) is 0 Å². The van der Waals surface area contributed by atoms with Crippen molar-refractivity contribution in [1.29, 1.82) is 0 Å². The molecule has 192 valence electrons. The number of nitrogens with one attached hydrogen (secondary N) is 2. The van der Waals surface area contributed by atoms with Gasteiger partial charge in [0.15, 0.2) is 0 Å². The van der Waals surface area contributed by atoms with Crippen LogP contribution >= 0.6 is 12.6 Å². The van der Waals surface area contributed by atoms with Crippen molar-refractivity contribution in [2.45, 2.75) is 97.9 Å². The third kappa shape index (κ3) is 9.57. The lowest BCUT2D eigenvalue weighted by molar-refractivity contribution is -0.142. The molecular weight excluding hydrogens is 450 g/mol. The largest absolute Gasteiger partial charge is 0.444 e. The molecule has 0 radical (unpaired) electrons. The second-order valence-electron chi connectivity index (χ2n) is 9.72. The highest BCUT2D eigenvalue weighted by Gasteiger charge is 2.36. The molecule has 1 aromatic rings. The van der Waals surface area contributed by atoms with Gasteiger partial charge < -0.3 is 20.3 Å². The molecule has 1 aromatic carbocycles. The van der Waals surface area contributed by atoms with Gasteiger partial charge in [-0.25, -0.2) is 4.79 Å². The number of carbonyl (C=O) groups is 3. The first-order valence-electron chi connectivity index (χ1n) is 12.2. The van der Waals surface area contributed by atoms with Gasteiger partial charge in [0.1, 0.15) is 17.7 Å². The molecule has 7 nitrogen and oxygen atoms in total. The van der Waals surface area contributed by atoms with Crippen molar-refractivity contribution in [3.05, 3.63) is 35.4 Å². The van der Waals surface area contributed by atoms with Crippen molar-refractivity contribution in [2.75, 3.05) is 12.3 Å². The first-order chi connectivity index (χ1) is 15.9. The fourth-order valence-electron chi connectivity index (χ4n) is 3.70. The highest BCUT2D eigenvalue weighted by Crippen LogP contribution is 2.26. The third-order valence-electron chi connectivity index (χ3n) is 5.36. The second kappa shape index (κ2) is 14.2. The van der Waals surface area contributed by atoms with Gasteiger partial charge in [-0.05, 0) is 58.6 Å². The van der Waals surface area contributed by atoms with Crippen LogP contribution in [0.25, 0.3) is 0 Å². The van der Waals surface area contributed by atoms with Crippen LogP contribution in [0, 0.1) is 6.92 Å².